The summed E-state index contributed by atoms with van der Waals surface area (Å²) >= 11 is 0. The molecule has 24 heavy (non-hydrogen) atoms. The number of hydrogen-bond acceptors (Lipinski definition) is 4. The lowest BCUT2D eigenvalue weighted by Gasteiger charge is -2.30. The Labute approximate surface area is 140 Å². The van der Waals surface area contributed by atoms with Crippen molar-refractivity contribution < 1.29 is 23.1 Å². The molecule has 1 aromatic rings. The minimum atomic E-state index is -3.60. The first kappa shape index (κ1) is 18.2. The van der Waals surface area contributed by atoms with Gasteiger partial charge in [0, 0.05) is 26.2 Å². The summed E-state index contributed by atoms with van der Waals surface area (Å²) in [5, 5.41) is 11.6. The maximum atomic E-state index is 12.0. The SMILES string of the molecule is O=C(O)C1CCCN(C(=O)NCCNS(=O)(=O)c2ccccc2)C1. The predicted molar refractivity (Wildman–Crippen MR) is 87.0 cm³/mol. The highest BCUT2D eigenvalue weighted by atomic mass is 32.2. The van der Waals surface area contributed by atoms with Crippen LogP contribution in [0.4, 0.5) is 4.79 Å². The van der Waals surface area contributed by atoms with Crippen molar-refractivity contribution in [2.24, 2.45) is 5.92 Å². The van der Waals surface area contributed by atoms with E-state index in [9.17, 15) is 18.0 Å². The van der Waals surface area contributed by atoms with Crippen LogP contribution < -0.4 is 10.0 Å². The van der Waals surface area contributed by atoms with E-state index in [1.54, 1.807) is 18.2 Å². The van der Waals surface area contributed by atoms with Crippen LogP contribution in [0.25, 0.3) is 0 Å². The van der Waals surface area contributed by atoms with Gasteiger partial charge in [-0.15, -0.1) is 0 Å². The molecule has 1 heterocycles. The second-order valence-electron chi connectivity index (χ2n) is 5.57. The number of amides is 2. The molecule has 3 N–H and O–H groups in total. The monoisotopic (exact) mass is 355 g/mol. The first-order valence-electron chi connectivity index (χ1n) is 7.70. The van der Waals surface area contributed by atoms with Gasteiger partial charge in [-0.3, -0.25) is 4.79 Å². The van der Waals surface area contributed by atoms with Gasteiger partial charge < -0.3 is 15.3 Å². The topological polar surface area (TPSA) is 116 Å². The van der Waals surface area contributed by atoms with Gasteiger partial charge in [0.05, 0.1) is 10.8 Å². The Bertz CT molecular complexity index is 678. The summed E-state index contributed by atoms with van der Waals surface area (Å²) in [6.07, 6.45) is 1.21. The Kier molecular flexibility index (Phi) is 6.16. The lowest BCUT2D eigenvalue weighted by molar-refractivity contribution is -0.143. The zero-order chi connectivity index (χ0) is 17.6. The first-order valence-corrected chi connectivity index (χ1v) is 9.19. The van der Waals surface area contributed by atoms with Gasteiger partial charge in [0.15, 0.2) is 0 Å². The molecule has 1 aliphatic heterocycles. The minimum absolute atomic E-state index is 0.0547. The molecule has 1 atom stereocenters. The van der Waals surface area contributed by atoms with Crippen LogP contribution >= 0.6 is 0 Å². The minimum Gasteiger partial charge on any atom is -0.481 e. The number of carbonyl (C=O) groups is 2. The van der Waals surface area contributed by atoms with Crippen LogP contribution in [0.15, 0.2) is 35.2 Å². The maximum absolute atomic E-state index is 12.0. The van der Waals surface area contributed by atoms with Crippen molar-refractivity contribution in [3.63, 3.8) is 0 Å². The third-order valence-electron chi connectivity index (χ3n) is 3.80. The molecule has 0 saturated carbocycles. The lowest BCUT2D eigenvalue weighted by Crippen LogP contribution is -2.48. The number of nitrogens with one attached hydrogen (secondary N) is 2. The highest BCUT2D eigenvalue weighted by molar-refractivity contribution is 7.89. The molecule has 1 saturated heterocycles. The number of likely N-dealkylation sites (tertiary alicyclic amines) is 1. The number of carbonyl (C=O) groups excluding carboxylic acids is 1. The molecule has 8 nitrogen and oxygen atoms in total. The van der Waals surface area contributed by atoms with E-state index in [-0.39, 0.29) is 30.6 Å². The number of carboxylic acids is 1. The van der Waals surface area contributed by atoms with Crippen LogP contribution in [0.2, 0.25) is 0 Å². The van der Waals surface area contributed by atoms with Gasteiger partial charge in [0.25, 0.3) is 0 Å². The molecule has 132 valence electrons. The van der Waals surface area contributed by atoms with E-state index in [1.165, 1.54) is 17.0 Å². The molecule has 1 fully saturated rings. The van der Waals surface area contributed by atoms with Crippen LogP contribution in [-0.2, 0) is 14.8 Å². The molecular formula is C15H21N3O5S. The van der Waals surface area contributed by atoms with Crippen molar-refractivity contribution in [2.45, 2.75) is 17.7 Å². The highest BCUT2D eigenvalue weighted by Crippen LogP contribution is 2.16. The molecule has 2 rings (SSSR count). The molecule has 0 radical (unpaired) electrons. The number of benzene rings is 1. The smallest absolute Gasteiger partial charge is 0.317 e. The third kappa shape index (κ3) is 4.93. The number of hydrogen-bond donors (Lipinski definition) is 3. The number of urea groups is 1. The molecule has 9 heteroatoms. The fraction of sp³-hybridized carbons (Fsp3) is 0.467. The Hall–Kier alpha value is -2.13. The van der Waals surface area contributed by atoms with Gasteiger partial charge in [-0.05, 0) is 25.0 Å². The molecular weight excluding hydrogens is 334 g/mol. The fourth-order valence-corrected chi connectivity index (χ4v) is 3.57. The van der Waals surface area contributed by atoms with Crippen molar-refractivity contribution in [1.82, 2.24) is 14.9 Å². The number of carboxylic acid groups (broad SMARTS) is 1. The molecule has 1 aromatic carbocycles. The number of nitrogens with zero attached hydrogens (tertiary/aromatic N) is 1. The van der Waals surface area contributed by atoms with E-state index in [0.717, 1.165) is 0 Å². The first-order chi connectivity index (χ1) is 11.4. The molecule has 0 aliphatic carbocycles. The average molecular weight is 355 g/mol. The van der Waals surface area contributed by atoms with Gasteiger partial charge >= 0.3 is 12.0 Å². The van der Waals surface area contributed by atoms with E-state index in [4.69, 9.17) is 5.11 Å². The molecule has 0 aromatic heterocycles. The summed E-state index contributed by atoms with van der Waals surface area (Å²) in [6, 6.07) is 7.58. The quantitative estimate of drug-likeness (QED) is 0.642. The number of rotatable bonds is 6. The van der Waals surface area contributed by atoms with Crippen molar-refractivity contribution in [3.05, 3.63) is 30.3 Å². The highest BCUT2D eigenvalue weighted by Gasteiger charge is 2.27. The second-order valence-corrected chi connectivity index (χ2v) is 7.33. The van der Waals surface area contributed by atoms with Gasteiger partial charge in [-0.2, -0.15) is 0 Å². The number of piperidine rings is 1. The van der Waals surface area contributed by atoms with E-state index >= 15 is 0 Å². The summed E-state index contributed by atoms with van der Waals surface area (Å²) < 4.78 is 26.4. The molecule has 1 unspecified atom stereocenters. The number of aliphatic carboxylic acids is 1. The van der Waals surface area contributed by atoms with Crippen molar-refractivity contribution in [1.29, 1.82) is 0 Å². The largest absolute Gasteiger partial charge is 0.481 e. The van der Waals surface area contributed by atoms with Gasteiger partial charge in [0.2, 0.25) is 10.0 Å². The maximum Gasteiger partial charge on any atom is 0.317 e. The number of sulfonamides is 1. The Balaban J connectivity index is 1.76. The second kappa shape index (κ2) is 8.11. The average Bonchev–Trinajstić information content (AvgIpc) is 2.59. The third-order valence-corrected chi connectivity index (χ3v) is 5.28. The summed E-state index contributed by atoms with van der Waals surface area (Å²) in [6.45, 7) is 0.862. The Morgan fingerprint density at radius 2 is 1.92 bits per heavy atom. The fourth-order valence-electron chi connectivity index (χ4n) is 2.51. The Morgan fingerprint density at radius 1 is 1.21 bits per heavy atom. The summed E-state index contributed by atoms with van der Waals surface area (Å²) in [4.78, 5) is 24.6. The lowest BCUT2D eigenvalue weighted by atomic mass is 9.99. The van der Waals surface area contributed by atoms with Crippen molar-refractivity contribution in [3.8, 4) is 0 Å². The van der Waals surface area contributed by atoms with Crippen LogP contribution in [0.3, 0.4) is 0 Å². The normalized spacial score (nSPS) is 18.2. The standard InChI is InChI=1S/C15H21N3O5S/c19-14(20)12-5-4-10-18(11-12)15(21)16-8-9-17-24(22,23)13-6-2-1-3-7-13/h1-3,6-7,12,17H,4-5,8-11H2,(H,16,21)(H,19,20). The zero-order valence-corrected chi connectivity index (χ0v) is 14.0. The van der Waals surface area contributed by atoms with E-state index in [2.05, 4.69) is 10.0 Å². The molecule has 2 amide bonds. The molecule has 1 aliphatic rings. The molecule has 0 bridgehead atoms. The van der Waals surface area contributed by atoms with Crippen LogP contribution in [0, 0.1) is 5.92 Å². The van der Waals surface area contributed by atoms with Gasteiger partial charge in [-0.25, -0.2) is 17.9 Å². The van der Waals surface area contributed by atoms with E-state index < -0.39 is 21.9 Å². The van der Waals surface area contributed by atoms with E-state index in [1.807, 2.05) is 0 Å². The molecule has 0 spiro atoms. The summed E-state index contributed by atoms with van der Waals surface area (Å²) in [7, 11) is -3.60. The zero-order valence-electron chi connectivity index (χ0n) is 13.1. The summed E-state index contributed by atoms with van der Waals surface area (Å²) in [5.74, 6) is -1.44. The predicted octanol–water partition coefficient (Wildman–Crippen LogP) is 0.471. The van der Waals surface area contributed by atoms with Gasteiger partial charge in [-0.1, -0.05) is 18.2 Å². The van der Waals surface area contributed by atoms with Crippen molar-refractivity contribution >= 4 is 22.0 Å². The van der Waals surface area contributed by atoms with Crippen LogP contribution in [0.1, 0.15) is 12.8 Å². The van der Waals surface area contributed by atoms with Crippen LogP contribution in [-0.4, -0.2) is 56.6 Å². The van der Waals surface area contributed by atoms with Crippen LogP contribution in [0.5, 0.6) is 0 Å². The summed E-state index contributed by atoms with van der Waals surface area (Å²) in [5.41, 5.74) is 0. The Morgan fingerprint density at radius 3 is 2.58 bits per heavy atom. The van der Waals surface area contributed by atoms with Gasteiger partial charge in [0.1, 0.15) is 0 Å². The van der Waals surface area contributed by atoms with E-state index in [0.29, 0.717) is 19.4 Å². The van der Waals surface area contributed by atoms with Crippen molar-refractivity contribution in [2.75, 3.05) is 26.2 Å².